The topological polar surface area (TPSA) is 71.5 Å². The van der Waals surface area contributed by atoms with E-state index in [4.69, 9.17) is 4.74 Å². The van der Waals surface area contributed by atoms with Crippen LogP contribution in [0.15, 0.2) is 53.9 Å². The lowest BCUT2D eigenvalue weighted by molar-refractivity contribution is -0.126. The molecule has 1 unspecified atom stereocenters. The number of methoxy groups -OCH3 is 1. The van der Waals surface area contributed by atoms with Crippen LogP contribution in [0.2, 0.25) is 0 Å². The van der Waals surface area contributed by atoms with Crippen LogP contribution in [0.3, 0.4) is 0 Å². The Morgan fingerprint density at radius 1 is 1.26 bits per heavy atom. The summed E-state index contributed by atoms with van der Waals surface area (Å²) in [6.07, 6.45) is 0.975. The lowest BCUT2D eigenvalue weighted by Gasteiger charge is -2.20. The normalized spacial score (nSPS) is 15.9. The molecular weight excluding hydrogens is 410 g/mol. The van der Waals surface area contributed by atoms with Crippen molar-refractivity contribution in [2.75, 3.05) is 18.6 Å². The fraction of sp³-hybridized carbons (Fsp3) is 0.292. The maximum atomic E-state index is 12.7. The van der Waals surface area contributed by atoms with Crippen molar-refractivity contribution in [3.05, 3.63) is 75.7 Å². The summed E-state index contributed by atoms with van der Waals surface area (Å²) in [6, 6.07) is 15.9. The lowest BCUT2D eigenvalue weighted by atomic mass is 10.1. The van der Waals surface area contributed by atoms with Gasteiger partial charge in [-0.15, -0.1) is 11.3 Å². The molecule has 1 N–H and O–H groups in total. The molecule has 2 amide bonds. The molecule has 0 bridgehead atoms. The molecule has 1 aliphatic heterocycles. The number of nitrogens with one attached hydrogen (secondary N) is 1. The Bertz CT molecular complexity index is 1080. The molecule has 1 aliphatic rings. The van der Waals surface area contributed by atoms with Crippen molar-refractivity contribution in [2.24, 2.45) is 5.92 Å². The van der Waals surface area contributed by atoms with Crippen LogP contribution in [0, 0.1) is 12.8 Å². The molecule has 4 rings (SSSR count). The van der Waals surface area contributed by atoms with Gasteiger partial charge in [0.1, 0.15) is 5.75 Å². The summed E-state index contributed by atoms with van der Waals surface area (Å²) in [6.45, 7) is 2.68. The Kier molecular flexibility index (Phi) is 6.32. The number of thiazole rings is 1. The molecule has 1 saturated heterocycles. The summed E-state index contributed by atoms with van der Waals surface area (Å²) in [4.78, 5) is 31.6. The predicted octanol–water partition coefficient (Wildman–Crippen LogP) is 3.72. The number of carbonyl (C=O) groups excluding carboxylic acids is 2. The van der Waals surface area contributed by atoms with Gasteiger partial charge >= 0.3 is 0 Å². The molecule has 3 aromatic rings. The van der Waals surface area contributed by atoms with Crippen molar-refractivity contribution in [1.82, 2.24) is 10.3 Å². The van der Waals surface area contributed by atoms with E-state index in [1.165, 1.54) is 5.56 Å². The average molecular weight is 436 g/mol. The predicted molar refractivity (Wildman–Crippen MR) is 121 cm³/mol. The standard InChI is InChI=1S/C24H25N3O3S/c1-16-8-9-21(30-2)20(10-16)27-14-18(12-23(27)28)24(29)25-13-19-15-31-22(26-19)11-17-6-4-3-5-7-17/h3-10,15,18H,11-14H2,1-2H3,(H,25,29). The number of benzene rings is 2. The van der Waals surface area contributed by atoms with Gasteiger partial charge in [0, 0.05) is 24.8 Å². The van der Waals surface area contributed by atoms with Crippen molar-refractivity contribution in [3.8, 4) is 5.75 Å². The zero-order chi connectivity index (χ0) is 21.8. The number of amides is 2. The number of hydrogen-bond donors (Lipinski definition) is 1. The van der Waals surface area contributed by atoms with Crippen LogP contribution < -0.4 is 15.0 Å². The van der Waals surface area contributed by atoms with E-state index in [2.05, 4.69) is 22.4 Å². The van der Waals surface area contributed by atoms with Crippen LogP contribution in [0.25, 0.3) is 0 Å². The second kappa shape index (κ2) is 9.31. The first-order chi connectivity index (χ1) is 15.0. The van der Waals surface area contributed by atoms with Crippen LogP contribution in [0.1, 0.15) is 28.2 Å². The molecular formula is C24H25N3O3S. The molecule has 31 heavy (non-hydrogen) atoms. The Hall–Kier alpha value is -3.19. The minimum Gasteiger partial charge on any atom is -0.495 e. The number of ether oxygens (including phenoxy) is 1. The smallest absolute Gasteiger partial charge is 0.227 e. The molecule has 160 valence electrons. The minimum atomic E-state index is -0.389. The van der Waals surface area contributed by atoms with Gasteiger partial charge in [0.15, 0.2) is 0 Å². The highest BCUT2D eigenvalue weighted by Gasteiger charge is 2.36. The molecule has 0 saturated carbocycles. The highest BCUT2D eigenvalue weighted by atomic mass is 32.1. The van der Waals surface area contributed by atoms with Gasteiger partial charge in [-0.3, -0.25) is 9.59 Å². The quantitative estimate of drug-likeness (QED) is 0.614. The Morgan fingerprint density at radius 2 is 2.06 bits per heavy atom. The first kappa shape index (κ1) is 21.1. The third kappa shape index (κ3) is 4.94. The lowest BCUT2D eigenvalue weighted by Crippen LogP contribution is -2.32. The Balaban J connectivity index is 1.35. The first-order valence-electron chi connectivity index (χ1n) is 10.2. The molecule has 1 fully saturated rings. The summed E-state index contributed by atoms with van der Waals surface area (Å²) in [5, 5.41) is 5.94. The van der Waals surface area contributed by atoms with Gasteiger partial charge in [-0.25, -0.2) is 4.98 Å². The van der Waals surface area contributed by atoms with Gasteiger partial charge in [0.25, 0.3) is 0 Å². The van der Waals surface area contributed by atoms with E-state index < -0.39 is 0 Å². The molecule has 0 radical (unpaired) electrons. The highest BCUT2D eigenvalue weighted by molar-refractivity contribution is 7.09. The van der Waals surface area contributed by atoms with Crippen molar-refractivity contribution in [2.45, 2.75) is 26.3 Å². The zero-order valence-electron chi connectivity index (χ0n) is 17.6. The largest absolute Gasteiger partial charge is 0.495 e. The van der Waals surface area contributed by atoms with E-state index in [9.17, 15) is 9.59 Å². The van der Waals surface area contributed by atoms with Gasteiger partial charge in [0.05, 0.1) is 36.0 Å². The van der Waals surface area contributed by atoms with E-state index >= 15 is 0 Å². The number of anilines is 1. The molecule has 2 aromatic carbocycles. The summed E-state index contributed by atoms with van der Waals surface area (Å²) < 4.78 is 5.41. The number of rotatable bonds is 7. The number of hydrogen-bond acceptors (Lipinski definition) is 5. The fourth-order valence-corrected chi connectivity index (χ4v) is 4.56. The minimum absolute atomic E-state index is 0.0668. The average Bonchev–Trinajstić information content (AvgIpc) is 3.39. The van der Waals surface area contributed by atoms with Crippen LogP contribution in [0.5, 0.6) is 5.75 Å². The Labute approximate surface area is 185 Å². The van der Waals surface area contributed by atoms with Crippen LogP contribution in [0.4, 0.5) is 5.69 Å². The van der Waals surface area contributed by atoms with E-state index in [1.54, 1.807) is 23.3 Å². The van der Waals surface area contributed by atoms with E-state index in [-0.39, 0.29) is 24.2 Å². The van der Waals surface area contributed by atoms with Crippen LogP contribution in [-0.4, -0.2) is 30.5 Å². The SMILES string of the molecule is COc1ccc(C)cc1N1CC(C(=O)NCc2csc(Cc3ccccc3)n2)CC1=O. The van der Waals surface area contributed by atoms with Gasteiger partial charge in [-0.1, -0.05) is 36.4 Å². The van der Waals surface area contributed by atoms with Crippen molar-refractivity contribution < 1.29 is 14.3 Å². The Morgan fingerprint density at radius 3 is 2.84 bits per heavy atom. The summed E-state index contributed by atoms with van der Waals surface area (Å²) in [7, 11) is 1.58. The van der Waals surface area contributed by atoms with Crippen molar-refractivity contribution >= 4 is 28.8 Å². The summed E-state index contributed by atoms with van der Waals surface area (Å²) in [5.74, 6) is 0.0523. The van der Waals surface area contributed by atoms with E-state index in [0.717, 1.165) is 22.7 Å². The van der Waals surface area contributed by atoms with Gasteiger partial charge in [0.2, 0.25) is 11.8 Å². The molecule has 1 aromatic heterocycles. The third-order valence-corrected chi connectivity index (χ3v) is 6.26. The molecule has 1 atom stereocenters. The second-order valence-corrected chi connectivity index (χ2v) is 8.64. The van der Waals surface area contributed by atoms with Crippen LogP contribution >= 0.6 is 11.3 Å². The molecule has 0 aliphatic carbocycles. The molecule has 0 spiro atoms. The van der Waals surface area contributed by atoms with Crippen molar-refractivity contribution in [3.63, 3.8) is 0 Å². The molecule has 7 heteroatoms. The number of aryl methyl sites for hydroxylation is 1. The van der Waals surface area contributed by atoms with E-state index in [0.29, 0.717) is 24.5 Å². The highest BCUT2D eigenvalue weighted by Crippen LogP contribution is 2.34. The van der Waals surface area contributed by atoms with Gasteiger partial charge in [-0.05, 0) is 30.2 Å². The van der Waals surface area contributed by atoms with E-state index in [1.807, 2.05) is 48.7 Å². The maximum absolute atomic E-state index is 12.7. The first-order valence-corrected chi connectivity index (χ1v) is 11.1. The van der Waals surface area contributed by atoms with Gasteiger partial charge in [-0.2, -0.15) is 0 Å². The number of carbonyl (C=O) groups is 2. The van der Waals surface area contributed by atoms with Crippen molar-refractivity contribution in [1.29, 1.82) is 0 Å². The summed E-state index contributed by atoms with van der Waals surface area (Å²) in [5.41, 5.74) is 3.80. The van der Waals surface area contributed by atoms with Gasteiger partial charge < -0.3 is 15.0 Å². The number of aromatic nitrogens is 1. The second-order valence-electron chi connectivity index (χ2n) is 7.69. The fourth-order valence-electron chi connectivity index (χ4n) is 3.73. The monoisotopic (exact) mass is 435 g/mol. The van der Waals surface area contributed by atoms with Crippen LogP contribution in [-0.2, 0) is 22.6 Å². The maximum Gasteiger partial charge on any atom is 0.227 e. The zero-order valence-corrected chi connectivity index (χ0v) is 18.4. The number of nitrogens with zero attached hydrogens (tertiary/aromatic N) is 2. The summed E-state index contributed by atoms with van der Waals surface area (Å²) >= 11 is 1.59. The molecule has 6 nitrogen and oxygen atoms in total. The molecule has 2 heterocycles. The third-order valence-electron chi connectivity index (χ3n) is 5.36.